The maximum Gasteiger partial charge on any atom is 0.272 e. The van der Waals surface area contributed by atoms with Crippen molar-refractivity contribution in [2.24, 2.45) is 11.7 Å². The lowest BCUT2D eigenvalue weighted by Gasteiger charge is -2.31. The molecule has 1 heterocycles. The maximum absolute atomic E-state index is 12.6. The van der Waals surface area contributed by atoms with Gasteiger partial charge in [-0.15, -0.1) is 0 Å². The molecule has 1 atom stereocenters. The van der Waals surface area contributed by atoms with Gasteiger partial charge in [-0.05, 0) is 25.3 Å². The number of fused-ring (bicyclic) bond motifs is 1. The van der Waals surface area contributed by atoms with Gasteiger partial charge in [-0.1, -0.05) is 32.0 Å². The third-order valence-corrected chi connectivity index (χ3v) is 3.64. The van der Waals surface area contributed by atoms with E-state index in [0.717, 1.165) is 6.42 Å². The van der Waals surface area contributed by atoms with Crippen LogP contribution in [0.1, 0.15) is 37.7 Å². The lowest BCUT2D eigenvalue weighted by molar-refractivity contribution is 0.0894. The van der Waals surface area contributed by atoms with Crippen LogP contribution in [-0.2, 0) is 0 Å². The van der Waals surface area contributed by atoms with Gasteiger partial charge in [0.2, 0.25) is 0 Å². The van der Waals surface area contributed by atoms with Crippen LogP contribution < -0.4 is 16.6 Å². The summed E-state index contributed by atoms with van der Waals surface area (Å²) in [6, 6.07) is 6.91. The van der Waals surface area contributed by atoms with Gasteiger partial charge in [0.1, 0.15) is 0 Å². The van der Waals surface area contributed by atoms with E-state index in [1.807, 2.05) is 6.92 Å². The van der Waals surface area contributed by atoms with Gasteiger partial charge >= 0.3 is 0 Å². The Morgan fingerprint density at radius 3 is 2.59 bits per heavy atom. The van der Waals surface area contributed by atoms with Gasteiger partial charge < -0.3 is 11.1 Å². The fraction of sp³-hybridized carbons (Fsp3) is 0.438. The molecule has 6 nitrogen and oxygen atoms in total. The number of hydrogen-bond donors (Lipinski definition) is 3. The van der Waals surface area contributed by atoms with Crippen LogP contribution in [0.4, 0.5) is 0 Å². The van der Waals surface area contributed by atoms with Crippen LogP contribution in [0, 0.1) is 5.92 Å². The number of H-pyrrole nitrogens is 1. The van der Waals surface area contributed by atoms with Crippen LogP contribution in [0.3, 0.4) is 0 Å². The Morgan fingerprint density at radius 2 is 2.00 bits per heavy atom. The Morgan fingerprint density at radius 1 is 1.36 bits per heavy atom. The molecule has 1 amide bonds. The molecule has 0 fully saturated rings. The number of nitrogens with one attached hydrogen (secondary N) is 2. The highest BCUT2D eigenvalue weighted by atomic mass is 16.2. The summed E-state index contributed by atoms with van der Waals surface area (Å²) < 4.78 is 0. The lowest BCUT2D eigenvalue weighted by Crippen LogP contribution is -2.52. The summed E-state index contributed by atoms with van der Waals surface area (Å²) in [6.07, 6.45) is 0.760. The van der Waals surface area contributed by atoms with Crippen molar-refractivity contribution >= 4 is 16.7 Å². The molecule has 0 bridgehead atoms. The van der Waals surface area contributed by atoms with E-state index in [1.54, 1.807) is 24.3 Å². The Labute approximate surface area is 129 Å². The topological polar surface area (TPSA) is 101 Å². The van der Waals surface area contributed by atoms with E-state index in [9.17, 15) is 9.59 Å². The van der Waals surface area contributed by atoms with Crippen molar-refractivity contribution in [1.82, 2.24) is 15.5 Å². The first-order chi connectivity index (χ1) is 10.4. The zero-order valence-electron chi connectivity index (χ0n) is 13.1. The van der Waals surface area contributed by atoms with Gasteiger partial charge in [-0.2, -0.15) is 5.10 Å². The number of carbonyl (C=O) groups is 1. The molecule has 2 aromatic rings. The Bertz CT molecular complexity index is 738. The third kappa shape index (κ3) is 3.33. The molecule has 0 aliphatic carbocycles. The summed E-state index contributed by atoms with van der Waals surface area (Å²) >= 11 is 0. The van der Waals surface area contributed by atoms with Crippen molar-refractivity contribution < 1.29 is 4.79 Å². The SMILES string of the molecule is CC(C)CC(C)(CN)NC(=O)c1n[nH]c(=O)c2ccccc12. The number of rotatable bonds is 5. The quantitative estimate of drug-likeness (QED) is 0.777. The number of amides is 1. The first-order valence-corrected chi connectivity index (χ1v) is 7.36. The molecule has 0 aliphatic rings. The van der Waals surface area contributed by atoms with E-state index in [1.165, 1.54) is 0 Å². The van der Waals surface area contributed by atoms with Crippen molar-refractivity contribution in [3.05, 3.63) is 40.3 Å². The molecular weight excluding hydrogens is 280 g/mol. The van der Waals surface area contributed by atoms with Crippen molar-refractivity contribution in [2.45, 2.75) is 32.7 Å². The summed E-state index contributed by atoms with van der Waals surface area (Å²) in [5.41, 5.74) is 5.21. The highest BCUT2D eigenvalue weighted by molar-refractivity contribution is 6.04. The summed E-state index contributed by atoms with van der Waals surface area (Å²) in [5, 5.41) is 10.2. The second-order valence-corrected chi connectivity index (χ2v) is 6.26. The number of hydrogen-bond acceptors (Lipinski definition) is 4. The van der Waals surface area contributed by atoms with Gasteiger partial charge in [0.05, 0.1) is 10.9 Å². The molecule has 22 heavy (non-hydrogen) atoms. The van der Waals surface area contributed by atoms with Crippen LogP contribution in [-0.4, -0.2) is 28.2 Å². The molecule has 0 radical (unpaired) electrons. The van der Waals surface area contributed by atoms with Crippen molar-refractivity contribution in [2.75, 3.05) is 6.54 Å². The summed E-state index contributed by atoms with van der Waals surface area (Å²) in [6.45, 7) is 6.40. The predicted molar refractivity (Wildman–Crippen MR) is 86.7 cm³/mol. The molecule has 0 saturated heterocycles. The van der Waals surface area contributed by atoms with E-state index in [4.69, 9.17) is 5.73 Å². The van der Waals surface area contributed by atoms with Crippen LogP contribution >= 0.6 is 0 Å². The van der Waals surface area contributed by atoms with Gasteiger partial charge in [0, 0.05) is 11.9 Å². The van der Waals surface area contributed by atoms with Crippen LogP contribution in [0.25, 0.3) is 10.8 Å². The highest BCUT2D eigenvalue weighted by Crippen LogP contribution is 2.18. The number of aromatic amines is 1. The van der Waals surface area contributed by atoms with E-state index < -0.39 is 5.54 Å². The van der Waals surface area contributed by atoms with Crippen LogP contribution in [0.15, 0.2) is 29.1 Å². The molecule has 4 N–H and O–H groups in total. The smallest absolute Gasteiger partial charge is 0.272 e. The first-order valence-electron chi connectivity index (χ1n) is 7.36. The number of benzene rings is 1. The normalized spacial score (nSPS) is 14.0. The molecule has 1 aromatic heterocycles. The fourth-order valence-corrected chi connectivity index (χ4v) is 2.71. The average molecular weight is 302 g/mol. The molecule has 2 rings (SSSR count). The number of nitrogens with two attached hydrogens (primary N) is 1. The summed E-state index contributed by atoms with van der Waals surface area (Å²) in [7, 11) is 0. The molecule has 0 spiro atoms. The summed E-state index contributed by atoms with van der Waals surface area (Å²) in [4.78, 5) is 24.3. The fourth-order valence-electron chi connectivity index (χ4n) is 2.71. The largest absolute Gasteiger partial charge is 0.344 e. The summed E-state index contributed by atoms with van der Waals surface area (Å²) in [5.74, 6) is 0.0650. The van der Waals surface area contributed by atoms with Crippen molar-refractivity contribution in [3.63, 3.8) is 0 Å². The molecule has 0 aliphatic heterocycles. The molecule has 118 valence electrons. The molecular formula is C16H22N4O2. The third-order valence-electron chi connectivity index (χ3n) is 3.64. The minimum Gasteiger partial charge on any atom is -0.344 e. The van der Waals surface area contributed by atoms with E-state index in [2.05, 4.69) is 29.4 Å². The van der Waals surface area contributed by atoms with Crippen LogP contribution in [0.2, 0.25) is 0 Å². The monoisotopic (exact) mass is 302 g/mol. The van der Waals surface area contributed by atoms with E-state index in [0.29, 0.717) is 23.2 Å². The van der Waals surface area contributed by atoms with Gasteiger partial charge in [-0.3, -0.25) is 9.59 Å². The zero-order valence-corrected chi connectivity index (χ0v) is 13.1. The first kappa shape index (κ1) is 16.2. The Balaban J connectivity index is 2.38. The Kier molecular flexibility index (Phi) is 4.61. The second kappa shape index (κ2) is 6.27. The second-order valence-electron chi connectivity index (χ2n) is 6.26. The molecule has 0 saturated carbocycles. The van der Waals surface area contributed by atoms with Crippen LogP contribution in [0.5, 0.6) is 0 Å². The van der Waals surface area contributed by atoms with Gasteiger partial charge in [0.25, 0.3) is 11.5 Å². The average Bonchev–Trinajstić information content (AvgIpc) is 2.47. The van der Waals surface area contributed by atoms with E-state index in [-0.39, 0.29) is 17.2 Å². The van der Waals surface area contributed by atoms with E-state index >= 15 is 0 Å². The zero-order chi connectivity index (χ0) is 16.3. The molecule has 1 unspecified atom stereocenters. The van der Waals surface area contributed by atoms with Gasteiger partial charge in [0.15, 0.2) is 5.69 Å². The van der Waals surface area contributed by atoms with Crippen molar-refractivity contribution in [1.29, 1.82) is 0 Å². The minimum atomic E-state index is -0.510. The highest BCUT2D eigenvalue weighted by Gasteiger charge is 2.27. The molecule has 1 aromatic carbocycles. The lowest BCUT2D eigenvalue weighted by atomic mass is 9.90. The number of aromatic nitrogens is 2. The predicted octanol–water partition coefficient (Wildman–Crippen LogP) is 1.42. The molecule has 6 heteroatoms. The van der Waals surface area contributed by atoms with Crippen molar-refractivity contribution in [3.8, 4) is 0 Å². The van der Waals surface area contributed by atoms with Gasteiger partial charge in [-0.25, -0.2) is 5.10 Å². The number of carbonyl (C=O) groups excluding carboxylic acids is 1. The Hall–Kier alpha value is -2.21. The number of nitrogens with zero attached hydrogens (tertiary/aromatic N) is 1. The minimum absolute atomic E-state index is 0.207. The standard InChI is InChI=1S/C16H22N4O2/c1-10(2)8-16(3,9-17)18-15(22)13-11-6-4-5-7-12(11)14(21)20-19-13/h4-7,10H,8-9,17H2,1-3H3,(H,18,22)(H,20,21). The maximum atomic E-state index is 12.6.